The van der Waals surface area contributed by atoms with Crippen molar-refractivity contribution >= 4 is 16.0 Å². The minimum absolute atomic E-state index is 0.000499. The van der Waals surface area contributed by atoms with Gasteiger partial charge in [-0.3, -0.25) is 4.79 Å². The van der Waals surface area contributed by atoms with Gasteiger partial charge < -0.3 is 9.30 Å². The summed E-state index contributed by atoms with van der Waals surface area (Å²) in [7, 11) is -1.96. The summed E-state index contributed by atoms with van der Waals surface area (Å²) in [4.78, 5) is 15.1. The Kier molecular flexibility index (Phi) is 5.49. The van der Waals surface area contributed by atoms with E-state index < -0.39 is 16.0 Å². The van der Waals surface area contributed by atoms with Gasteiger partial charge in [0.25, 0.3) is 10.0 Å². The van der Waals surface area contributed by atoms with Gasteiger partial charge in [-0.15, -0.1) is 0 Å². The molecule has 0 spiro atoms. The molecule has 8 heteroatoms. The third kappa shape index (κ3) is 4.64. The Hall–Kier alpha value is -1.41. The number of imidazole rings is 1. The predicted octanol–water partition coefficient (Wildman–Crippen LogP) is 0.350. The molecular formula is C11H19N3O4S. The van der Waals surface area contributed by atoms with Gasteiger partial charge in [-0.25, -0.2) is 18.1 Å². The molecule has 1 heterocycles. The van der Waals surface area contributed by atoms with Gasteiger partial charge in [0, 0.05) is 19.8 Å². The zero-order valence-corrected chi connectivity index (χ0v) is 12.2. The van der Waals surface area contributed by atoms with E-state index in [1.54, 1.807) is 18.5 Å². The van der Waals surface area contributed by atoms with Crippen molar-refractivity contribution in [1.29, 1.82) is 0 Å². The summed E-state index contributed by atoms with van der Waals surface area (Å²) < 4.78 is 32.5. The van der Waals surface area contributed by atoms with E-state index in [1.807, 2.05) is 6.92 Å². The second kappa shape index (κ2) is 6.67. The number of ether oxygens (including phenoxy) is 1. The lowest BCUT2D eigenvalue weighted by molar-refractivity contribution is -0.143. The van der Waals surface area contributed by atoms with E-state index in [1.165, 1.54) is 6.20 Å². The molecule has 108 valence electrons. The molecule has 0 atom stereocenters. The molecule has 7 nitrogen and oxygen atoms in total. The molecule has 0 aliphatic carbocycles. The van der Waals surface area contributed by atoms with Crippen molar-refractivity contribution in [2.45, 2.75) is 31.7 Å². The Labute approximate surface area is 113 Å². The summed E-state index contributed by atoms with van der Waals surface area (Å²) in [6.45, 7) is 3.95. The Balaban J connectivity index is 2.50. The lowest BCUT2D eigenvalue weighted by atomic mass is 10.4. The van der Waals surface area contributed by atoms with Gasteiger partial charge in [0.1, 0.15) is 5.82 Å². The fourth-order valence-corrected chi connectivity index (χ4v) is 2.37. The second-order valence-corrected chi connectivity index (χ2v) is 5.82. The third-order valence-corrected chi connectivity index (χ3v) is 3.78. The highest BCUT2D eigenvalue weighted by Gasteiger charge is 2.18. The molecule has 0 bridgehead atoms. The lowest BCUT2D eigenvalue weighted by Crippen LogP contribution is -2.27. The second-order valence-electron chi connectivity index (χ2n) is 4.11. The molecule has 1 N–H and O–H groups in total. The molecule has 0 aliphatic rings. The molecule has 1 rings (SSSR count). The first-order valence-electron chi connectivity index (χ1n) is 6.02. The number of hydrogen-bond donors (Lipinski definition) is 1. The Morgan fingerprint density at radius 3 is 2.74 bits per heavy atom. The van der Waals surface area contributed by atoms with Crippen LogP contribution in [0.25, 0.3) is 0 Å². The van der Waals surface area contributed by atoms with E-state index in [9.17, 15) is 13.2 Å². The fourth-order valence-electron chi connectivity index (χ4n) is 1.31. The molecule has 0 amide bonds. The Morgan fingerprint density at radius 1 is 1.53 bits per heavy atom. The maximum atomic E-state index is 11.9. The van der Waals surface area contributed by atoms with Crippen LogP contribution in [0.4, 0.5) is 0 Å². The van der Waals surface area contributed by atoms with Gasteiger partial charge in [-0.1, -0.05) is 6.92 Å². The van der Waals surface area contributed by atoms with Crippen LogP contribution < -0.4 is 4.72 Å². The minimum Gasteiger partial charge on any atom is -0.466 e. The van der Waals surface area contributed by atoms with Crippen LogP contribution in [-0.4, -0.2) is 37.1 Å². The van der Waals surface area contributed by atoms with E-state index in [0.29, 0.717) is 12.4 Å². The molecule has 0 saturated carbocycles. The quantitative estimate of drug-likeness (QED) is 0.731. The molecule has 0 aliphatic heterocycles. The maximum absolute atomic E-state index is 11.9. The number of aryl methyl sites for hydroxylation is 2. The molecule has 0 fully saturated rings. The summed E-state index contributed by atoms with van der Waals surface area (Å²) in [5.74, 6) is 0.185. The van der Waals surface area contributed by atoms with E-state index in [2.05, 4.69) is 9.71 Å². The summed E-state index contributed by atoms with van der Waals surface area (Å²) in [5.41, 5.74) is 0. The first kappa shape index (κ1) is 15.6. The third-order valence-electron chi connectivity index (χ3n) is 2.45. The SMILES string of the molecule is CCCOC(=O)CCNS(=O)(=O)c1cn(C)c(C)n1. The summed E-state index contributed by atoms with van der Waals surface area (Å²) in [5, 5.41) is -0.0468. The molecule has 0 radical (unpaired) electrons. The fraction of sp³-hybridized carbons (Fsp3) is 0.636. The molecule has 19 heavy (non-hydrogen) atoms. The van der Waals surface area contributed by atoms with Gasteiger partial charge in [0.05, 0.1) is 13.0 Å². The topological polar surface area (TPSA) is 90.3 Å². The van der Waals surface area contributed by atoms with Crippen LogP contribution >= 0.6 is 0 Å². The highest BCUT2D eigenvalue weighted by Crippen LogP contribution is 2.07. The monoisotopic (exact) mass is 289 g/mol. The number of sulfonamides is 1. The van der Waals surface area contributed by atoms with Gasteiger partial charge in [-0.05, 0) is 13.3 Å². The van der Waals surface area contributed by atoms with Crippen LogP contribution in [0.1, 0.15) is 25.6 Å². The summed E-state index contributed by atoms with van der Waals surface area (Å²) >= 11 is 0. The number of carbonyl (C=O) groups is 1. The van der Waals surface area contributed by atoms with Gasteiger partial charge in [0.2, 0.25) is 0 Å². The van der Waals surface area contributed by atoms with Crippen LogP contribution in [0.15, 0.2) is 11.2 Å². The van der Waals surface area contributed by atoms with E-state index in [4.69, 9.17) is 4.74 Å². The van der Waals surface area contributed by atoms with Gasteiger partial charge >= 0.3 is 5.97 Å². The molecule has 0 saturated heterocycles. The normalized spacial score (nSPS) is 11.5. The van der Waals surface area contributed by atoms with Crippen LogP contribution in [0.3, 0.4) is 0 Å². The summed E-state index contributed by atoms with van der Waals surface area (Å²) in [6, 6.07) is 0. The number of rotatable bonds is 7. The molecule has 0 unspecified atom stereocenters. The van der Waals surface area contributed by atoms with Crippen molar-refractivity contribution in [2.24, 2.45) is 7.05 Å². The first-order valence-corrected chi connectivity index (χ1v) is 7.50. The van der Waals surface area contributed by atoms with E-state index in [0.717, 1.165) is 6.42 Å². The van der Waals surface area contributed by atoms with Crippen molar-refractivity contribution in [3.05, 3.63) is 12.0 Å². The number of aromatic nitrogens is 2. The van der Waals surface area contributed by atoms with Gasteiger partial charge in [-0.2, -0.15) is 0 Å². The smallest absolute Gasteiger partial charge is 0.307 e. The highest BCUT2D eigenvalue weighted by molar-refractivity contribution is 7.89. The van der Waals surface area contributed by atoms with Crippen LogP contribution in [0.2, 0.25) is 0 Å². The highest BCUT2D eigenvalue weighted by atomic mass is 32.2. The van der Waals surface area contributed by atoms with Crippen molar-refractivity contribution in [2.75, 3.05) is 13.2 Å². The standard InChI is InChI=1S/C11H19N3O4S/c1-4-7-18-11(15)5-6-12-19(16,17)10-8-14(3)9(2)13-10/h8,12H,4-7H2,1-3H3. The maximum Gasteiger partial charge on any atom is 0.307 e. The number of carbonyl (C=O) groups excluding carboxylic acids is 1. The number of esters is 1. The van der Waals surface area contributed by atoms with E-state index >= 15 is 0 Å². The van der Waals surface area contributed by atoms with Crippen molar-refractivity contribution in [1.82, 2.24) is 14.3 Å². The van der Waals surface area contributed by atoms with Crippen molar-refractivity contribution in [3.63, 3.8) is 0 Å². The predicted molar refractivity (Wildman–Crippen MR) is 69.0 cm³/mol. The average Bonchev–Trinajstić information content (AvgIpc) is 2.67. The molecule has 0 aromatic carbocycles. The molecular weight excluding hydrogens is 270 g/mol. The van der Waals surface area contributed by atoms with Crippen LogP contribution in [0, 0.1) is 6.92 Å². The minimum atomic E-state index is -3.67. The van der Waals surface area contributed by atoms with Gasteiger partial charge in [0.15, 0.2) is 5.03 Å². The van der Waals surface area contributed by atoms with Crippen molar-refractivity contribution in [3.8, 4) is 0 Å². The first-order chi connectivity index (χ1) is 8.86. The number of hydrogen-bond acceptors (Lipinski definition) is 5. The molecule has 1 aromatic heterocycles. The zero-order chi connectivity index (χ0) is 14.5. The number of nitrogens with one attached hydrogen (secondary N) is 1. The lowest BCUT2D eigenvalue weighted by Gasteiger charge is -2.04. The largest absolute Gasteiger partial charge is 0.466 e. The average molecular weight is 289 g/mol. The number of nitrogens with zero attached hydrogens (tertiary/aromatic N) is 2. The molecule has 1 aromatic rings. The Morgan fingerprint density at radius 2 is 2.21 bits per heavy atom. The van der Waals surface area contributed by atoms with Crippen molar-refractivity contribution < 1.29 is 17.9 Å². The Bertz CT molecular complexity index is 517. The zero-order valence-electron chi connectivity index (χ0n) is 11.3. The van der Waals surface area contributed by atoms with Crippen LogP contribution in [0.5, 0.6) is 0 Å². The van der Waals surface area contributed by atoms with E-state index in [-0.39, 0.29) is 18.0 Å². The summed E-state index contributed by atoms with van der Waals surface area (Å²) in [6.07, 6.45) is 2.17. The van der Waals surface area contributed by atoms with Crippen LogP contribution in [-0.2, 0) is 26.6 Å².